The summed E-state index contributed by atoms with van der Waals surface area (Å²) in [5, 5.41) is 13.5. The molecule has 1 aliphatic carbocycles. The summed E-state index contributed by atoms with van der Waals surface area (Å²) in [5.74, 6) is -2.76. The van der Waals surface area contributed by atoms with E-state index in [0.29, 0.717) is 12.8 Å². The number of benzene rings is 2. The zero-order valence-corrected chi connectivity index (χ0v) is 17.1. The van der Waals surface area contributed by atoms with Gasteiger partial charge in [-0.2, -0.15) is 5.01 Å². The van der Waals surface area contributed by atoms with Crippen LogP contribution in [0.5, 0.6) is 0 Å². The molecule has 0 bridgehead atoms. The molecule has 0 aromatic heterocycles. The molecule has 2 aromatic rings. The monoisotopic (exact) mass is 439 g/mol. The Kier molecular flexibility index (Phi) is 5.56. The fourth-order valence-electron chi connectivity index (χ4n) is 4.01. The highest BCUT2D eigenvalue weighted by Gasteiger charge is 2.51. The minimum absolute atomic E-state index is 0.0938. The molecule has 0 saturated carbocycles. The number of fused-ring (bicyclic) bond motifs is 1. The van der Waals surface area contributed by atoms with E-state index in [2.05, 4.69) is 0 Å². The zero-order valence-electron chi connectivity index (χ0n) is 16.3. The predicted molar refractivity (Wildman–Crippen MR) is 112 cm³/mol. The SMILES string of the molecule is O=C(c1ccccc1Cl)N(Cc1ccccc1[N+](=O)[O-])N1C(=O)[C@H]2CC=CC[C@H]2C1=O. The highest BCUT2D eigenvalue weighted by Crippen LogP contribution is 2.37. The van der Waals surface area contributed by atoms with E-state index < -0.39 is 34.5 Å². The average Bonchev–Trinajstić information content (AvgIpc) is 3.02. The maximum absolute atomic E-state index is 13.4. The quantitative estimate of drug-likeness (QED) is 0.305. The number of hydrazine groups is 1. The lowest BCUT2D eigenvalue weighted by molar-refractivity contribution is -0.385. The first-order valence-corrected chi connectivity index (χ1v) is 10.1. The van der Waals surface area contributed by atoms with Crippen LogP contribution in [0.25, 0.3) is 0 Å². The Hall–Kier alpha value is -3.52. The van der Waals surface area contributed by atoms with Crippen molar-refractivity contribution in [1.82, 2.24) is 10.0 Å². The van der Waals surface area contributed by atoms with Crippen molar-refractivity contribution in [2.45, 2.75) is 19.4 Å². The van der Waals surface area contributed by atoms with Crippen LogP contribution >= 0.6 is 11.6 Å². The van der Waals surface area contributed by atoms with Crippen molar-refractivity contribution in [1.29, 1.82) is 0 Å². The van der Waals surface area contributed by atoms with Gasteiger partial charge < -0.3 is 0 Å². The van der Waals surface area contributed by atoms with Crippen LogP contribution in [0.4, 0.5) is 5.69 Å². The van der Waals surface area contributed by atoms with Crippen LogP contribution in [0.15, 0.2) is 60.7 Å². The van der Waals surface area contributed by atoms with Gasteiger partial charge in [0.15, 0.2) is 0 Å². The van der Waals surface area contributed by atoms with Crippen molar-refractivity contribution in [2.24, 2.45) is 11.8 Å². The number of nitro groups is 1. The van der Waals surface area contributed by atoms with Crippen molar-refractivity contribution in [3.63, 3.8) is 0 Å². The van der Waals surface area contributed by atoms with E-state index >= 15 is 0 Å². The Morgan fingerprint density at radius 3 is 2.23 bits per heavy atom. The van der Waals surface area contributed by atoms with Crippen molar-refractivity contribution >= 4 is 35.0 Å². The molecule has 9 heteroatoms. The molecular formula is C22H18ClN3O5. The van der Waals surface area contributed by atoms with Crippen molar-refractivity contribution < 1.29 is 19.3 Å². The van der Waals surface area contributed by atoms with Crippen molar-refractivity contribution in [3.8, 4) is 0 Å². The topological polar surface area (TPSA) is 101 Å². The number of amides is 3. The average molecular weight is 440 g/mol. The second-order valence-electron chi connectivity index (χ2n) is 7.37. The molecule has 158 valence electrons. The summed E-state index contributed by atoms with van der Waals surface area (Å²) in [7, 11) is 0. The summed E-state index contributed by atoms with van der Waals surface area (Å²) in [5.41, 5.74) is 0.0792. The van der Waals surface area contributed by atoms with Crippen LogP contribution in [0.2, 0.25) is 5.02 Å². The number of imide groups is 1. The van der Waals surface area contributed by atoms with Gasteiger partial charge in [-0.25, -0.2) is 5.01 Å². The Bertz CT molecular complexity index is 1090. The lowest BCUT2D eigenvalue weighted by Crippen LogP contribution is -2.50. The molecular weight excluding hydrogens is 422 g/mol. The fourth-order valence-corrected chi connectivity index (χ4v) is 4.23. The van der Waals surface area contributed by atoms with Crippen LogP contribution < -0.4 is 0 Å². The van der Waals surface area contributed by atoms with E-state index in [1.54, 1.807) is 18.2 Å². The van der Waals surface area contributed by atoms with Crippen LogP contribution in [0.1, 0.15) is 28.8 Å². The number of rotatable bonds is 5. The second-order valence-corrected chi connectivity index (χ2v) is 7.78. The summed E-state index contributed by atoms with van der Waals surface area (Å²) in [6, 6.07) is 12.2. The Morgan fingerprint density at radius 2 is 1.61 bits per heavy atom. The minimum Gasteiger partial charge on any atom is -0.272 e. The Labute approximate surface area is 182 Å². The van der Waals surface area contributed by atoms with Gasteiger partial charge in [0.25, 0.3) is 23.4 Å². The molecule has 2 aromatic carbocycles. The van der Waals surface area contributed by atoms with E-state index in [0.717, 1.165) is 10.0 Å². The normalized spacial score (nSPS) is 20.0. The number of para-hydroxylation sites is 1. The molecule has 31 heavy (non-hydrogen) atoms. The third-order valence-electron chi connectivity index (χ3n) is 5.57. The predicted octanol–water partition coefficient (Wildman–Crippen LogP) is 3.76. The molecule has 0 spiro atoms. The molecule has 1 aliphatic heterocycles. The van der Waals surface area contributed by atoms with Gasteiger partial charge in [0.1, 0.15) is 0 Å². The van der Waals surface area contributed by atoms with Gasteiger partial charge in [-0.15, -0.1) is 0 Å². The number of halogens is 1. The van der Waals surface area contributed by atoms with Gasteiger partial charge in [-0.1, -0.05) is 54.1 Å². The van der Waals surface area contributed by atoms with Gasteiger partial charge in [0.2, 0.25) is 0 Å². The molecule has 3 amide bonds. The number of hydrogen-bond acceptors (Lipinski definition) is 5. The summed E-state index contributed by atoms with van der Waals surface area (Å²) in [4.78, 5) is 50.6. The van der Waals surface area contributed by atoms with Crippen LogP contribution in [0.3, 0.4) is 0 Å². The minimum atomic E-state index is -0.683. The van der Waals surface area contributed by atoms with E-state index in [4.69, 9.17) is 11.6 Å². The molecule has 2 atom stereocenters. The number of nitro benzene ring substituents is 1. The number of hydrogen-bond donors (Lipinski definition) is 0. The third kappa shape index (κ3) is 3.70. The first kappa shape index (κ1) is 20.7. The van der Waals surface area contributed by atoms with Gasteiger partial charge >= 0.3 is 0 Å². The molecule has 0 unspecified atom stereocenters. The van der Waals surface area contributed by atoms with Crippen LogP contribution in [-0.4, -0.2) is 32.7 Å². The van der Waals surface area contributed by atoms with Gasteiger partial charge in [-0.05, 0) is 25.0 Å². The van der Waals surface area contributed by atoms with Crippen molar-refractivity contribution in [2.75, 3.05) is 0 Å². The fraction of sp³-hybridized carbons (Fsp3) is 0.227. The van der Waals surface area contributed by atoms with Crippen molar-refractivity contribution in [3.05, 3.63) is 86.9 Å². The molecule has 1 fully saturated rings. The van der Waals surface area contributed by atoms with E-state index in [1.807, 2.05) is 12.2 Å². The largest absolute Gasteiger partial charge is 0.274 e. The Morgan fingerprint density at radius 1 is 1.03 bits per heavy atom. The smallest absolute Gasteiger partial charge is 0.272 e. The summed E-state index contributed by atoms with van der Waals surface area (Å²) >= 11 is 6.20. The maximum Gasteiger partial charge on any atom is 0.274 e. The second kappa shape index (κ2) is 8.31. The molecule has 0 radical (unpaired) electrons. The summed E-state index contributed by atoms with van der Waals surface area (Å²) < 4.78 is 0. The molecule has 2 aliphatic rings. The number of allylic oxidation sites excluding steroid dienone is 2. The first-order valence-electron chi connectivity index (χ1n) is 9.71. The summed E-state index contributed by atoms with van der Waals surface area (Å²) in [6.07, 6.45) is 4.51. The molecule has 1 saturated heterocycles. The standard InChI is InChI=1S/C22H18ClN3O5/c23-18-11-5-4-10-17(18)20(27)24(13-14-7-1-6-12-19(14)26(30)31)25-21(28)15-8-2-3-9-16(15)22(25)29/h1-7,10-12,15-16H,8-9,13H2/t15-,16+. The molecule has 8 nitrogen and oxygen atoms in total. The summed E-state index contributed by atoms with van der Waals surface area (Å²) in [6.45, 7) is -0.328. The van der Waals surface area contributed by atoms with Gasteiger partial charge in [-0.3, -0.25) is 24.5 Å². The van der Waals surface area contributed by atoms with E-state index in [1.165, 1.54) is 30.3 Å². The van der Waals surface area contributed by atoms with Gasteiger partial charge in [0.05, 0.1) is 39.5 Å². The zero-order chi connectivity index (χ0) is 22.1. The lowest BCUT2D eigenvalue weighted by atomic mass is 9.85. The van der Waals surface area contributed by atoms with Gasteiger partial charge in [0, 0.05) is 6.07 Å². The van der Waals surface area contributed by atoms with Crippen LogP contribution in [0, 0.1) is 22.0 Å². The molecule has 0 N–H and O–H groups in total. The number of nitrogens with zero attached hydrogens (tertiary/aromatic N) is 3. The van der Waals surface area contributed by atoms with Crippen LogP contribution in [-0.2, 0) is 16.1 Å². The first-order chi connectivity index (χ1) is 14.9. The molecule has 1 heterocycles. The van der Waals surface area contributed by atoms with E-state index in [-0.39, 0.29) is 28.4 Å². The highest BCUT2D eigenvalue weighted by molar-refractivity contribution is 6.33. The maximum atomic E-state index is 13.4. The highest BCUT2D eigenvalue weighted by atomic mass is 35.5. The number of carbonyl (C=O) groups excluding carboxylic acids is 3. The molecule has 4 rings (SSSR count). The third-order valence-corrected chi connectivity index (χ3v) is 5.90. The number of carbonyl (C=O) groups is 3. The van der Waals surface area contributed by atoms with E-state index in [9.17, 15) is 24.5 Å². The lowest BCUT2D eigenvalue weighted by Gasteiger charge is -2.30. The Balaban J connectivity index is 1.78.